The Kier molecular flexibility index (Phi) is 14.3. The van der Waals surface area contributed by atoms with Crippen molar-refractivity contribution in [3.05, 3.63) is 83.4 Å². The van der Waals surface area contributed by atoms with Gasteiger partial charge in [-0.15, -0.1) is 0 Å². The number of hydrogen-bond donors (Lipinski definition) is 3. The number of phenols is 1. The summed E-state index contributed by atoms with van der Waals surface area (Å²) in [5.41, 5.74) is 0.707. The first-order valence-corrected chi connectivity index (χ1v) is 20.2. The Morgan fingerprint density at radius 3 is 2.06 bits per heavy atom. The van der Waals surface area contributed by atoms with Gasteiger partial charge in [0, 0.05) is 12.2 Å². The zero-order valence-electron chi connectivity index (χ0n) is 31.1. The molecule has 1 unspecified atom stereocenters. The lowest BCUT2D eigenvalue weighted by Crippen LogP contribution is -2.37. The molecule has 3 aromatic carbocycles. The molecule has 1 heterocycles. The zero-order valence-corrected chi connectivity index (χ0v) is 31.9. The molecule has 0 radical (unpaired) electrons. The van der Waals surface area contributed by atoms with Crippen molar-refractivity contribution in [2.24, 2.45) is 0 Å². The van der Waals surface area contributed by atoms with Gasteiger partial charge < -0.3 is 15.2 Å². The number of carbonyl (C=O) groups excluding carboxylic acids is 3. The summed E-state index contributed by atoms with van der Waals surface area (Å²) >= 11 is 0. The molecule has 1 saturated heterocycles. The number of nitrogens with zero attached hydrogens (tertiary/aromatic N) is 2. The van der Waals surface area contributed by atoms with Crippen LogP contribution in [-0.4, -0.2) is 55.4 Å². The first-order valence-electron chi connectivity index (χ1n) is 18.3. The Labute approximate surface area is 308 Å². The first kappa shape index (κ1) is 40.4. The third-order valence-electron chi connectivity index (χ3n) is 9.00. The summed E-state index contributed by atoms with van der Waals surface area (Å²) in [6, 6.07) is 17.8. The maximum absolute atomic E-state index is 14.1. The first-order chi connectivity index (χ1) is 24.7. The number of para-hydroxylation sites is 1. The van der Waals surface area contributed by atoms with Crippen molar-refractivity contribution >= 4 is 44.9 Å². The van der Waals surface area contributed by atoms with Crippen molar-refractivity contribution in [3.63, 3.8) is 0 Å². The fraction of sp³-hybridized carbons (Fsp3) is 0.475. The summed E-state index contributed by atoms with van der Waals surface area (Å²) in [7, 11) is -3.70. The van der Waals surface area contributed by atoms with E-state index in [4.69, 9.17) is 4.74 Å². The van der Waals surface area contributed by atoms with Crippen molar-refractivity contribution in [2.45, 2.75) is 110 Å². The molecule has 0 spiro atoms. The van der Waals surface area contributed by atoms with Gasteiger partial charge in [0.05, 0.1) is 35.4 Å². The van der Waals surface area contributed by atoms with E-state index in [0.29, 0.717) is 12.2 Å². The molecule has 0 saturated carbocycles. The van der Waals surface area contributed by atoms with Crippen LogP contribution in [0.3, 0.4) is 0 Å². The highest BCUT2D eigenvalue weighted by atomic mass is 32.2. The normalized spacial score (nSPS) is 15.0. The molecule has 52 heavy (non-hydrogen) atoms. The van der Waals surface area contributed by atoms with Crippen molar-refractivity contribution < 1.29 is 32.6 Å². The average molecular weight is 735 g/mol. The van der Waals surface area contributed by atoms with Gasteiger partial charge in [-0.1, -0.05) is 128 Å². The Bertz CT molecular complexity index is 1790. The molecule has 3 aromatic rings. The number of benzene rings is 3. The molecule has 4 rings (SSSR count). The molecule has 0 aromatic heterocycles. The molecule has 4 amide bonds. The number of phenolic OH excluding ortho intramolecular Hbond substituents is 1. The molecule has 0 aliphatic carbocycles. The lowest BCUT2D eigenvalue weighted by molar-refractivity contribution is -0.134. The number of rotatable bonds is 19. The zero-order chi connectivity index (χ0) is 37.9. The van der Waals surface area contributed by atoms with Crippen LogP contribution < -0.4 is 14.9 Å². The standard InChI is InChI=1S/C40H54N4O7S/c1-6-7-8-9-10-11-12-13-14-20-25-51-38-37(47)44(39(48)43(38)28-29-21-16-15-17-22-29)30-26-32(40(2,3)4)35(45)34(27-30)41-36(46)31-23-18-19-24-33(31)42-52(5,49)50/h15-19,21-24,26-27,38,42,45H,6-14,20,25,28H2,1-5H3,(H,41,46). The summed E-state index contributed by atoms with van der Waals surface area (Å²) in [4.78, 5) is 44.3. The maximum atomic E-state index is 14.1. The van der Waals surface area contributed by atoms with Crippen LogP contribution in [0.1, 0.15) is 113 Å². The minimum Gasteiger partial charge on any atom is -0.505 e. The number of imide groups is 1. The van der Waals surface area contributed by atoms with Crippen LogP contribution in [0.15, 0.2) is 66.7 Å². The quantitative estimate of drug-likeness (QED) is 0.0636. The third-order valence-corrected chi connectivity index (χ3v) is 9.59. The largest absolute Gasteiger partial charge is 0.505 e. The number of hydrogen-bond acceptors (Lipinski definition) is 7. The van der Waals surface area contributed by atoms with E-state index in [-0.39, 0.29) is 34.9 Å². The fourth-order valence-corrected chi connectivity index (χ4v) is 6.83. The molecule has 11 nitrogen and oxygen atoms in total. The van der Waals surface area contributed by atoms with Gasteiger partial charge in [0.25, 0.3) is 11.8 Å². The lowest BCUT2D eigenvalue weighted by Gasteiger charge is -2.25. The predicted octanol–water partition coefficient (Wildman–Crippen LogP) is 8.55. The van der Waals surface area contributed by atoms with Crippen molar-refractivity contribution in [2.75, 3.05) is 27.8 Å². The average Bonchev–Trinajstić information content (AvgIpc) is 3.31. The van der Waals surface area contributed by atoms with E-state index in [0.717, 1.165) is 42.4 Å². The van der Waals surface area contributed by atoms with Crippen LogP contribution in [0.4, 0.5) is 21.9 Å². The number of aromatic hydroxyl groups is 1. The number of ether oxygens (including phenoxy) is 1. The van der Waals surface area contributed by atoms with E-state index >= 15 is 0 Å². The van der Waals surface area contributed by atoms with Crippen LogP contribution in [0.2, 0.25) is 0 Å². The minimum absolute atomic E-state index is 0.0119. The smallest absolute Gasteiger partial charge is 0.334 e. The van der Waals surface area contributed by atoms with Gasteiger partial charge in [-0.25, -0.2) is 18.1 Å². The molecule has 12 heteroatoms. The summed E-state index contributed by atoms with van der Waals surface area (Å²) in [6.45, 7) is 8.24. The van der Waals surface area contributed by atoms with E-state index in [2.05, 4.69) is 17.0 Å². The Morgan fingerprint density at radius 2 is 1.44 bits per heavy atom. The van der Waals surface area contributed by atoms with Gasteiger partial charge >= 0.3 is 6.03 Å². The molecule has 1 fully saturated rings. The van der Waals surface area contributed by atoms with Crippen LogP contribution in [0.25, 0.3) is 0 Å². The van der Waals surface area contributed by atoms with E-state index < -0.39 is 39.5 Å². The fourth-order valence-electron chi connectivity index (χ4n) is 6.26. The van der Waals surface area contributed by atoms with E-state index in [1.165, 1.54) is 61.6 Å². The van der Waals surface area contributed by atoms with E-state index in [1.54, 1.807) is 18.2 Å². The maximum Gasteiger partial charge on any atom is 0.334 e. The molecule has 1 atom stereocenters. The number of amides is 4. The van der Waals surface area contributed by atoms with Crippen LogP contribution in [-0.2, 0) is 31.5 Å². The Balaban J connectivity index is 1.58. The van der Waals surface area contributed by atoms with Gasteiger partial charge in [-0.05, 0) is 41.7 Å². The van der Waals surface area contributed by atoms with Gasteiger partial charge in [0.1, 0.15) is 5.75 Å². The SMILES string of the molecule is CCCCCCCCCCCCOC1C(=O)N(c2cc(NC(=O)c3ccccc3NS(C)(=O)=O)c(O)c(C(C)(C)C)c2)C(=O)N1Cc1ccccc1. The van der Waals surface area contributed by atoms with Gasteiger partial charge in [-0.2, -0.15) is 0 Å². The lowest BCUT2D eigenvalue weighted by atomic mass is 9.85. The summed E-state index contributed by atoms with van der Waals surface area (Å²) in [6.07, 6.45) is 11.4. The highest BCUT2D eigenvalue weighted by molar-refractivity contribution is 7.92. The highest BCUT2D eigenvalue weighted by Crippen LogP contribution is 2.42. The number of anilines is 3. The molecule has 282 valence electrons. The molecular weight excluding hydrogens is 681 g/mol. The molecule has 0 bridgehead atoms. The second-order valence-corrected chi connectivity index (χ2v) is 16.2. The van der Waals surface area contributed by atoms with Crippen molar-refractivity contribution in [1.29, 1.82) is 0 Å². The summed E-state index contributed by atoms with van der Waals surface area (Å²) < 4.78 is 32.4. The molecule has 3 N–H and O–H groups in total. The van der Waals surface area contributed by atoms with Crippen molar-refractivity contribution in [3.8, 4) is 5.75 Å². The third kappa shape index (κ3) is 11.0. The summed E-state index contributed by atoms with van der Waals surface area (Å²) in [5, 5.41) is 14.1. The van der Waals surface area contributed by atoms with Gasteiger partial charge in [0.15, 0.2) is 0 Å². The topological polar surface area (TPSA) is 145 Å². The molecule has 1 aliphatic heterocycles. The predicted molar refractivity (Wildman–Crippen MR) is 206 cm³/mol. The molecular formula is C40H54N4O7S. The monoisotopic (exact) mass is 734 g/mol. The highest BCUT2D eigenvalue weighted by Gasteiger charge is 2.47. The molecule has 1 aliphatic rings. The number of carbonyl (C=O) groups is 3. The number of unbranched alkanes of at least 4 members (excludes halogenated alkanes) is 9. The minimum atomic E-state index is -3.70. The van der Waals surface area contributed by atoms with Crippen molar-refractivity contribution in [1.82, 2.24) is 4.90 Å². The van der Waals surface area contributed by atoms with Gasteiger partial charge in [0.2, 0.25) is 16.3 Å². The Morgan fingerprint density at radius 1 is 0.846 bits per heavy atom. The summed E-state index contributed by atoms with van der Waals surface area (Å²) in [5.74, 6) is -1.52. The number of urea groups is 1. The van der Waals surface area contributed by atoms with E-state index in [1.807, 2.05) is 51.1 Å². The van der Waals surface area contributed by atoms with Crippen LogP contribution in [0.5, 0.6) is 5.75 Å². The van der Waals surface area contributed by atoms with Crippen LogP contribution in [0, 0.1) is 0 Å². The number of nitrogens with one attached hydrogen (secondary N) is 2. The van der Waals surface area contributed by atoms with Gasteiger partial charge in [-0.3, -0.25) is 19.2 Å². The second-order valence-electron chi connectivity index (χ2n) is 14.5. The Hall–Kier alpha value is -4.42. The number of sulfonamides is 1. The van der Waals surface area contributed by atoms with E-state index in [9.17, 15) is 27.9 Å². The second kappa shape index (κ2) is 18.4. The van der Waals surface area contributed by atoms with Crippen LogP contribution >= 0.6 is 0 Å².